The van der Waals surface area contributed by atoms with Crippen molar-refractivity contribution in [3.8, 4) is 0 Å². The number of alkyl halides is 1. The molecule has 1 rings (SSSR count). The predicted octanol–water partition coefficient (Wildman–Crippen LogP) is 1.33. The SMILES string of the molecule is Cc1cc(C(O)C(O)CCl)ccc1C(=O)O. The van der Waals surface area contributed by atoms with Crippen molar-refractivity contribution in [1.29, 1.82) is 0 Å². The van der Waals surface area contributed by atoms with Crippen LogP contribution in [0.25, 0.3) is 0 Å². The van der Waals surface area contributed by atoms with Crippen LogP contribution in [0, 0.1) is 6.92 Å². The summed E-state index contributed by atoms with van der Waals surface area (Å²) in [6.07, 6.45) is -2.16. The topological polar surface area (TPSA) is 77.8 Å². The second-order valence-corrected chi connectivity index (χ2v) is 3.85. The molecule has 0 heterocycles. The van der Waals surface area contributed by atoms with Gasteiger partial charge in [0.1, 0.15) is 6.10 Å². The molecule has 0 aliphatic carbocycles. The first kappa shape index (κ1) is 13.0. The summed E-state index contributed by atoms with van der Waals surface area (Å²) in [7, 11) is 0. The first-order valence-electron chi connectivity index (χ1n) is 4.73. The molecule has 0 aliphatic rings. The molecule has 0 aliphatic heterocycles. The maximum absolute atomic E-state index is 10.8. The van der Waals surface area contributed by atoms with Crippen LogP contribution in [-0.4, -0.2) is 33.3 Å². The third-order valence-electron chi connectivity index (χ3n) is 2.34. The van der Waals surface area contributed by atoms with E-state index in [1.807, 2.05) is 0 Å². The second-order valence-electron chi connectivity index (χ2n) is 3.55. The van der Waals surface area contributed by atoms with E-state index in [-0.39, 0.29) is 11.4 Å². The standard InChI is InChI=1S/C11H13ClO4/c1-6-4-7(10(14)9(13)5-12)2-3-8(6)11(15)16/h2-4,9-10,13-14H,5H2,1H3,(H,15,16). The highest BCUT2D eigenvalue weighted by atomic mass is 35.5. The van der Waals surface area contributed by atoms with E-state index in [9.17, 15) is 15.0 Å². The molecule has 0 spiro atoms. The van der Waals surface area contributed by atoms with Crippen molar-refractivity contribution in [3.63, 3.8) is 0 Å². The van der Waals surface area contributed by atoms with Crippen molar-refractivity contribution in [3.05, 3.63) is 34.9 Å². The Hall–Kier alpha value is -1.10. The number of benzene rings is 1. The number of carboxylic acid groups (broad SMARTS) is 1. The van der Waals surface area contributed by atoms with Gasteiger partial charge in [0.15, 0.2) is 0 Å². The van der Waals surface area contributed by atoms with Crippen LogP contribution >= 0.6 is 11.6 Å². The van der Waals surface area contributed by atoms with E-state index in [1.54, 1.807) is 6.92 Å². The highest BCUT2D eigenvalue weighted by molar-refractivity contribution is 6.18. The number of aliphatic hydroxyl groups is 2. The summed E-state index contributed by atoms with van der Waals surface area (Å²) < 4.78 is 0. The minimum atomic E-state index is -1.10. The molecule has 0 fully saturated rings. The monoisotopic (exact) mass is 244 g/mol. The lowest BCUT2D eigenvalue weighted by Crippen LogP contribution is -2.20. The molecule has 4 nitrogen and oxygen atoms in total. The predicted molar refractivity (Wildman–Crippen MR) is 59.8 cm³/mol. The largest absolute Gasteiger partial charge is 0.478 e. The van der Waals surface area contributed by atoms with Crippen LogP contribution in [0.5, 0.6) is 0 Å². The highest BCUT2D eigenvalue weighted by Gasteiger charge is 2.18. The van der Waals surface area contributed by atoms with Gasteiger partial charge in [-0.15, -0.1) is 11.6 Å². The van der Waals surface area contributed by atoms with Gasteiger partial charge in [-0.05, 0) is 24.1 Å². The number of halogens is 1. The minimum absolute atomic E-state index is 0.0824. The van der Waals surface area contributed by atoms with Crippen molar-refractivity contribution in [2.75, 3.05) is 5.88 Å². The molecule has 1 aromatic carbocycles. The average Bonchev–Trinajstić information content (AvgIpc) is 2.26. The van der Waals surface area contributed by atoms with Crippen LogP contribution < -0.4 is 0 Å². The number of rotatable bonds is 4. The first-order valence-corrected chi connectivity index (χ1v) is 5.26. The molecule has 5 heteroatoms. The number of hydrogen-bond donors (Lipinski definition) is 3. The number of hydrogen-bond acceptors (Lipinski definition) is 3. The molecule has 0 aromatic heterocycles. The van der Waals surface area contributed by atoms with Gasteiger partial charge in [-0.1, -0.05) is 12.1 Å². The van der Waals surface area contributed by atoms with E-state index in [4.69, 9.17) is 16.7 Å². The molecule has 1 aromatic rings. The van der Waals surface area contributed by atoms with Gasteiger partial charge in [0, 0.05) is 0 Å². The Kier molecular flexibility index (Phi) is 4.29. The molecule has 0 saturated heterocycles. The summed E-state index contributed by atoms with van der Waals surface area (Å²) in [6, 6.07) is 4.40. The zero-order valence-corrected chi connectivity index (χ0v) is 9.48. The summed E-state index contributed by atoms with van der Waals surface area (Å²) in [6.45, 7) is 1.63. The normalized spacial score (nSPS) is 14.5. The lowest BCUT2D eigenvalue weighted by Gasteiger charge is -2.16. The van der Waals surface area contributed by atoms with Crippen LogP contribution in [0.2, 0.25) is 0 Å². The number of aliphatic hydroxyl groups excluding tert-OH is 2. The van der Waals surface area contributed by atoms with Gasteiger partial charge in [-0.3, -0.25) is 0 Å². The maximum atomic E-state index is 10.8. The third kappa shape index (κ3) is 2.72. The molecule has 0 radical (unpaired) electrons. The lowest BCUT2D eigenvalue weighted by atomic mass is 9.99. The fourth-order valence-corrected chi connectivity index (χ4v) is 1.59. The van der Waals surface area contributed by atoms with Crippen LogP contribution in [0.4, 0.5) is 0 Å². The molecule has 0 bridgehead atoms. The van der Waals surface area contributed by atoms with Crippen molar-refractivity contribution in [2.24, 2.45) is 0 Å². The van der Waals surface area contributed by atoms with Gasteiger partial charge in [0.25, 0.3) is 0 Å². The molecule has 88 valence electrons. The summed E-state index contributed by atoms with van der Waals surface area (Å²) in [5.41, 5.74) is 1.16. The van der Waals surface area contributed by atoms with Gasteiger partial charge in [0.05, 0.1) is 17.5 Å². The van der Waals surface area contributed by atoms with E-state index in [0.29, 0.717) is 11.1 Å². The Morgan fingerprint density at radius 2 is 2.06 bits per heavy atom. The van der Waals surface area contributed by atoms with Gasteiger partial charge in [-0.2, -0.15) is 0 Å². The fraction of sp³-hybridized carbons (Fsp3) is 0.364. The average molecular weight is 245 g/mol. The molecular weight excluding hydrogens is 232 g/mol. The Bertz CT molecular complexity index is 392. The van der Waals surface area contributed by atoms with Gasteiger partial charge < -0.3 is 15.3 Å². The summed E-state index contributed by atoms with van der Waals surface area (Å²) >= 11 is 5.41. The van der Waals surface area contributed by atoms with Crippen molar-refractivity contribution in [1.82, 2.24) is 0 Å². The number of aromatic carboxylic acids is 1. The summed E-state index contributed by atoms with van der Waals surface area (Å²) in [4.78, 5) is 10.8. The Morgan fingerprint density at radius 3 is 2.50 bits per heavy atom. The first-order chi connectivity index (χ1) is 7.47. The van der Waals surface area contributed by atoms with E-state index >= 15 is 0 Å². The maximum Gasteiger partial charge on any atom is 0.335 e. The van der Waals surface area contributed by atoms with Gasteiger partial charge in [0.2, 0.25) is 0 Å². The van der Waals surface area contributed by atoms with Gasteiger partial charge in [-0.25, -0.2) is 4.79 Å². The van der Waals surface area contributed by atoms with Crippen LogP contribution in [-0.2, 0) is 0 Å². The highest BCUT2D eigenvalue weighted by Crippen LogP contribution is 2.21. The summed E-state index contributed by atoms with van der Waals surface area (Å²) in [5, 5.41) is 27.8. The lowest BCUT2D eigenvalue weighted by molar-refractivity contribution is 0.0326. The third-order valence-corrected chi connectivity index (χ3v) is 2.66. The zero-order valence-electron chi connectivity index (χ0n) is 8.72. The van der Waals surface area contributed by atoms with Crippen LogP contribution in [0.3, 0.4) is 0 Å². The minimum Gasteiger partial charge on any atom is -0.478 e. The van der Waals surface area contributed by atoms with Gasteiger partial charge >= 0.3 is 5.97 Å². The Balaban J connectivity index is 3.01. The quantitative estimate of drug-likeness (QED) is 0.699. The van der Waals surface area contributed by atoms with Crippen molar-refractivity contribution >= 4 is 17.6 Å². The van der Waals surface area contributed by atoms with Crippen LogP contribution in [0.1, 0.15) is 27.6 Å². The van der Waals surface area contributed by atoms with E-state index in [1.165, 1.54) is 18.2 Å². The van der Waals surface area contributed by atoms with Crippen molar-refractivity contribution < 1.29 is 20.1 Å². The number of aryl methyl sites for hydroxylation is 1. The Labute approximate surface area is 98.1 Å². The molecule has 3 N–H and O–H groups in total. The van der Waals surface area contributed by atoms with Crippen molar-refractivity contribution in [2.45, 2.75) is 19.1 Å². The van der Waals surface area contributed by atoms with E-state index in [2.05, 4.69) is 0 Å². The van der Waals surface area contributed by atoms with E-state index < -0.39 is 18.2 Å². The Morgan fingerprint density at radius 1 is 1.44 bits per heavy atom. The fourth-order valence-electron chi connectivity index (χ4n) is 1.42. The summed E-state index contributed by atoms with van der Waals surface area (Å²) in [5.74, 6) is -1.10. The zero-order chi connectivity index (χ0) is 12.3. The van der Waals surface area contributed by atoms with E-state index in [0.717, 1.165) is 0 Å². The number of carboxylic acids is 1. The molecule has 0 saturated carbocycles. The molecule has 16 heavy (non-hydrogen) atoms. The molecule has 2 unspecified atom stereocenters. The molecule has 0 amide bonds. The molecular formula is C11H13ClO4. The smallest absolute Gasteiger partial charge is 0.335 e. The number of carbonyl (C=O) groups is 1. The molecule has 2 atom stereocenters. The van der Waals surface area contributed by atoms with Crippen LogP contribution in [0.15, 0.2) is 18.2 Å². The second kappa shape index (κ2) is 5.30.